The van der Waals surface area contributed by atoms with E-state index in [0.717, 1.165) is 59.2 Å². The van der Waals surface area contributed by atoms with Gasteiger partial charge in [0.15, 0.2) is 0 Å². The number of rotatable bonds is 16. The third kappa shape index (κ3) is 9.84. The zero-order valence-corrected chi connectivity index (χ0v) is 26.9. The zero-order chi connectivity index (χ0) is 27.7. The quantitative estimate of drug-likeness (QED) is 0.176. The van der Waals surface area contributed by atoms with Gasteiger partial charge in [-0.1, -0.05) is 143 Å². The minimum Gasteiger partial charge on any atom is -0.0993 e. The summed E-state index contributed by atoms with van der Waals surface area (Å²) >= 11 is 0. The molecule has 3 aliphatic rings. The van der Waals surface area contributed by atoms with Crippen molar-refractivity contribution in [1.29, 1.82) is 0 Å². The number of hydrogen-bond acceptors (Lipinski definition) is 0. The molecule has 0 aliphatic heterocycles. The average molecular weight is 525 g/mol. The summed E-state index contributed by atoms with van der Waals surface area (Å²) in [5, 5.41) is 0. The number of hydrogen-bond donors (Lipinski definition) is 0. The third-order valence-corrected chi connectivity index (χ3v) is 11.4. The van der Waals surface area contributed by atoms with Gasteiger partial charge in [-0.2, -0.15) is 0 Å². The van der Waals surface area contributed by atoms with Crippen LogP contribution in [0, 0.1) is 59.2 Å². The Balaban J connectivity index is 1.41. The first-order chi connectivity index (χ1) is 18.2. The van der Waals surface area contributed by atoms with E-state index in [9.17, 15) is 0 Å². The smallest absolute Gasteiger partial charge is 0.0135 e. The van der Waals surface area contributed by atoms with Crippen LogP contribution in [-0.2, 0) is 0 Å². The Kier molecular flexibility index (Phi) is 13.5. The van der Waals surface area contributed by atoms with Gasteiger partial charge < -0.3 is 0 Å². The SMILES string of the molecule is C=C1C2CCC(CCCC(C)CCCC(C)C)CC2C(=C)C2CC(CCCC(C)CCCC(C)C)CCC12. The highest BCUT2D eigenvalue weighted by molar-refractivity contribution is 5.28. The lowest BCUT2D eigenvalue weighted by Gasteiger charge is -2.52. The molecular weight excluding hydrogens is 456 g/mol. The molecule has 0 N–H and O–H groups in total. The van der Waals surface area contributed by atoms with Gasteiger partial charge in [-0.05, 0) is 97.7 Å². The Hall–Kier alpha value is -0.520. The lowest BCUT2D eigenvalue weighted by atomic mass is 9.53. The molecule has 0 spiro atoms. The molecule has 3 fully saturated rings. The highest BCUT2D eigenvalue weighted by Crippen LogP contribution is 2.57. The van der Waals surface area contributed by atoms with Gasteiger partial charge in [0.2, 0.25) is 0 Å². The van der Waals surface area contributed by atoms with Crippen molar-refractivity contribution >= 4 is 0 Å². The van der Waals surface area contributed by atoms with E-state index in [1.807, 2.05) is 0 Å². The Bertz CT molecular complexity index is 641. The molecule has 0 bridgehead atoms. The van der Waals surface area contributed by atoms with E-state index in [4.69, 9.17) is 13.2 Å². The van der Waals surface area contributed by atoms with Crippen molar-refractivity contribution in [3.63, 3.8) is 0 Å². The first kappa shape index (κ1) is 32.0. The molecule has 0 amide bonds. The van der Waals surface area contributed by atoms with Crippen LogP contribution >= 0.6 is 0 Å². The zero-order valence-electron chi connectivity index (χ0n) is 26.9. The van der Waals surface area contributed by atoms with Crippen LogP contribution in [0.25, 0.3) is 0 Å². The monoisotopic (exact) mass is 525 g/mol. The van der Waals surface area contributed by atoms with Gasteiger partial charge in [0.1, 0.15) is 0 Å². The largest absolute Gasteiger partial charge is 0.0993 e. The highest BCUT2D eigenvalue weighted by Gasteiger charge is 2.46. The number of allylic oxidation sites excluding steroid dienone is 2. The van der Waals surface area contributed by atoms with Crippen molar-refractivity contribution in [2.24, 2.45) is 59.2 Å². The first-order valence-electron chi connectivity index (χ1n) is 17.5. The van der Waals surface area contributed by atoms with Crippen molar-refractivity contribution in [3.8, 4) is 0 Å². The van der Waals surface area contributed by atoms with Crippen molar-refractivity contribution in [1.82, 2.24) is 0 Å². The van der Waals surface area contributed by atoms with E-state index in [1.54, 1.807) is 11.1 Å². The maximum Gasteiger partial charge on any atom is -0.0135 e. The molecule has 0 nitrogen and oxygen atoms in total. The Morgan fingerprint density at radius 3 is 1.26 bits per heavy atom. The topological polar surface area (TPSA) is 0 Å². The van der Waals surface area contributed by atoms with E-state index in [1.165, 1.54) is 116 Å². The molecule has 38 heavy (non-hydrogen) atoms. The van der Waals surface area contributed by atoms with Crippen molar-refractivity contribution in [3.05, 3.63) is 24.3 Å². The molecule has 0 aromatic heterocycles. The average Bonchev–Trinajstić information content (AvgIpc) is 2.86. The van der Waals surface area contributed by atoms with Crippen LogP contribution in [0.2, 0.25) is 0 Å². The molecule has 0 heterocycles. The summed E-state index contributed by atoms with van der Waals surface area (Å²) in [6.07, 6.45) is 25.8. The van der Waals surface area contributed by atoms with Crippen LogP contribution in [0.1, 0.15) is 157 Å². The van der Waals surface area contributed by atoms with Crippen LogP contribution in [0.15, 0.2) is 24.3 Å². The van der Waals surface area contributed by atoms with E-state index in [2.05, 4.69) is 41.5 Å². The lowest BCUT2D eigenvalue weighted by Crippen LogP contribution is -2.42. The van der Waals surface area contributed by atoms with Crippen molar-refractivity contribution in [2.45, 2.75) is 157 Å². The van der Waals surface area contributed by atoms with Gasteiger partial charge in [-0.3, -0.25) is 0 Å². The minimum atomic E-state index is 0.755. The second-order valence-electron chi connectivity index (χ2n) is 15.7. The number of fused-ring (bicyclic) bond motifs is 2. The molecule has 3 saturated carbocycles. The standard InChI is InChI=1S/C38H68/c1-27(2)13-9-15-29(5)17-11-19-33-21-23-35-31(7)36-24-22-34(26-38(36)32(8)37(35)25-33)20-12-18-30(6)16-10-14-28(3)4/h27-30,33-38H,7-26H2,1-6H3. The van der Waals surface area contributed by atoms with Crippen molar-refractivity contribution < 1.29 is 0 Å². The van der Waals surface area contributed by atoms with E-state index < -0.39 is 0 Å². The molecule has 0 radical (unpaired) electrons. The first-order valence-corrected chi connectivity index (χ1v) is 17.5. The van der Waals surface area contributed by atoms with Gasteiger partial charge in [-0.15, -0.1) is 0 Å². The van der Waals surface area contributed by atoms with Crippen LogP contribution in [-0.4, -0.2) is 0 Å². The maximum absolute atomic E-state index is 4.86. The summed E-state index contributed by atoms with van der Waals surface area (Å²) in [7, 11) is 0. The minimum absolute atomic E-state index is 0.755. The molecule has 0 aromatic rings. The fraction of sp³-hybridized carbons (Fsp3) is 0.895. The second kappa shape index (κ2) is 16.1. The molecule has 8 atom stereocenters. The third-order valence-electron chi connectivity index (χ3n) is 11.4. The van der Waals surface area contributed by atoms with Gasteiger partial charge in [0.05, 0.1) is 0 Å². The van der Waals surface area contributed by atoms with Crippen LogP contribution in [0.3, 0.4) is 0 Å². The van der Waals surface area contributed by atoms with Crippen LogP contribution in [0.5, 0.6) is 0 Å². The fourth-order valence-electron chi connectivity index (χ4n) is 8.84. The van der Waals surface area contributed by atoms with Crippen molar-refractivity contribution in [2.75, 3.05) is 0 Å². The highest BCUT2D eigenvalue weighted by atomic mass is 14.5. The molecule has 3 aliphatic carbocycles. The summed E-state index contributed by atoms with van der Waals surface area (Å²) in [5.74, 6) is 8.47. The molecule has 220 valence electrons. The summed E-state index contributed by atoms with van der Waals surface area (Å²) < 4.78 is 0. The normalized spacial score (nSPS) is 31.4. The van der Waals surface area contributed by atoms with Crippen LogP contribution < -0.4 is 0 Å². The van der Waals surface area contributed by atoms with Gasteiger partial charge in [0, 0.05) is 0 Å². The van der Waals surface area contributed by atoms with Crippen LogP contribution in [0.4, 0.5) is 0 Å². The summed E-state index contributed by atoms with van der Waals surface area (Å²) in [5.41, 5.74) is 3.33. The van der Waals surface area contributed by atoms with Gasteiger partial charge >= 0.3 is 0 Å². The Labute approximate surface area is 240 Å². The summed E-state index contributed by atoms with van der Waals surface area (Å²) in [6, 6.07) is 0. The van der Waals surface area contributed by atoms with E-state index >= 15 is 0 Å². The predicted molar refractivity (Wildman–Crippen MR) is 170 cm³/mol. The second-order valence-corrected chi connectivity index (χ2v) is 15.7. The maximum atomic E-state index is 4.86. The predicted octanol–water partition coefficient (Wildman–Crippen LogP) is 12.4. The molecule has 0 heteroatoms. The van der Waals surface area contributed by atoms with Gasteiger partial charge in [-0.25, -0.2) is 0 Å². The Morgan fingerprint density at radius 2 is 0.868 bits per heavy atom. The lowest BCUT2D eigenvalue weighted by molar-refractivity contribution is 0.118. The Morgan fingerprint density at radius 1 is 0.500 bits per heavy atom. The molecular formula is C38H68. The molecule has 3 rings (SSSR count). The molecule has 0 saturated heterocycles. The summed E-state index contributed by atoms with van der Waals surface area (Å²) in [6.45, 7) is 24.1. The molecule has 8 unspecified atom stereocenters. The fourth-order valence-corrected chi connectivity index (χ4v) is 8.84. The van der Waals surface area contributed by atoms with E-state index in [-0.39, 0.29) is 0 Å². The van der Waals surface area contributed by atoms with E-state index in [0.29, 0.717) is 0 Å². The molecule has 0 aromatic carbocycles. The summed E-state index contributed by atoms with van der Waals surface area (Å²) in [4.78, 5) is 0. The van der Waals surface area contributed by atoms with Gasteiger partial charge in [0.25, 0.3) is 0 Å².